The van der Waals surface area contributed by atoms with Crippen LogP contribution in [0.5, 0.6) is 0 Å². The molecule has 2 aliphatic heterocycles. The minimum atomic E-state index is -1.75. The Morgan fingerprint density at radius 3 is 1.70 bits per heavy atom. The average Bonchev–Trinajstić information content (AvgIpc) is 2.91. The molecule has 0 bridgehead atoms. The van der Waals surface area contributed by atoms with Crippen LogP contribution < -0.4 is 10.4 Å². The van der Waals surface area contributed by atoms with Gasteiger partial charge in [0.1, 0.15) is 8.80 Å². The van der Waals surface area contributed by atoms with Crippen molar-refractivity contribution in [2.45, 2.75) is 55.0 Å². The first-order valence-electron chi connectivity index (χ1n) is 12.7. The second kappa shape index (κ2) is 10.5. The van der Waals surface area contributed by atoms with Gasteiger partial charge in [-0.3, -0.25) is 0 Å². The fourth-order valence-electron chi connectivity index (χ4n) is 6.27. The summed E-state index contributed by atoms with van der Waals surface area (Å²) in [6, 6.07) is 34.8. The first-order chi connectivity index (χ1) is 16.3. The molecule has 2 unspecified atom stereocenters. The van der Waals surface area contributed by atoms with Gasteiger partial charge in [0.2, 0.25) is 0 Å². The first-order valence-corrected chi connectivity index (χ1v) is 16.2. The van der Waals surface area contributed by atoms with Crippen LogP contribution in [0.3, 0.4) is 0 Å². The monoisotopic (exact) mass is 472 g/mol. The number of ether oxygens (including phenoxy) is 2. The largest absolute Gasteiger partial charge is 0.377 e. The topological polar surface area (TPSA) is 18.5 Å². The van der Waals surface area contributed by atoms with Crippen LogP contribution in [0.15, 0.2) is 91.0 Å². The van der Waals surface area contributed by atoms with Crippen molar-refractivity contribution in [2.75, 3.05) is 13.2 Å². The van der Waals surface area contributed by atoms with Crippen molar-refractivity contribution in [1.29, 1.82) is 0 Å². The quantitative estimate of drug-likeness (QED) is 0.487. The predicted octanol–water partition coefficient (Wildman–Crippen LogP) is 3.77. The van der Waals surface area contributed by atoms with Crippen LogP contribution in [0.25, 0.3) is 0 Å². The van der Waals surface area contributed by atoms with Crippen molar-refractivity contribution < 1.29 is 9.47 Å². The molecular weight excluding hydrogens is 436 g/mol. The van der Waals surface area contributed by atoms with Crippen LogP contribution in [0, 0.1) is 0 Å². The van der Waals surface area contributed by atoms with E-state index < -0.39 is 18.3 Å². The molecule has 2 saturated heterocycles. The Labute approximate surface area is 202 Å². The van der Waals surface area contributed by atoms with E-state index in [1.165, 1.54) is 47.7 Å². The number of hydrogen-bond donors (Lipinski definition) is 0. The van der Waals surface area contributed by atoms with E-state index in [4.69, 9.17) is 9.47 Å². The van der Waals surface area contributed by atoms with E-state index in [0.29, 0.717) is 0 Å². The maximum absolute atomic E-state index is 7.14. The van der Waals surface area contributed by atoms with Crippen LogP contribution in [0.4, 0.5) is 0 Å². The number of rotatable bonds is 7. The Kier molecular flexibility index (Phi) is 7.26. The molecule has 3 aromatic carbocycles. The third-order valence-electron chi connectivity index (χ3n) is 7.82. The molecule has 2 nitrogen and oxygen atoms in total. The summed E-state index contributed by atoms with van der Waals surface area (Å²) >= 11 is 0. The lowest BCUT2D eigenvalue weighted by atomic mass is 9.96. The van der Waals surface area contributed by atoms with Gasteiger partial charge in [0, 0.05) is 13.2 Å². The molecule has 2 atom stereocenters. The van der Waals surface area contributed by atoms with Crippen molar-refractivity contribution in [2.24, 2.45) is 0 Å². The zero-order chi connectivity index (χ0) is 22.4. The average molecular weight is 473 g/mol. The lowest BCUT2D eigenvalue weighted by molar-refractivity contribution is -0.162. The fraction of sp³-hybridized carbons (Fsp3) is 0.379. The maximum atomic E-state index is 7.14. The smallest absolute Gasteiger partial charge is 0.141 e. The Balaban J connectivity index is 1.63. The summed E-state index contributed by atoms with van der Waals surface area (Å²) < 4.78 is 14.2. The van der Waals surface area contributed by atoms with E-state index in [-0.39, 0.29) is 10.4 Å². The second-order valence-corrected chi connectivity index (χ2v) is 15.0. The molecule has 4 heteroatoms. The van der Waals surface area contributed by atoms with Gasteiger partial charge in [0.05, 0.1) is 20.0 Å². The minimum Gasteiger partial charge on any atom is -0.377 e. The summed E-state index contributed by atoms with van der Waals surface area (Å²) in [4.78, 5) is 0. The molecule has 0 spiro atoms. The van der Waals surface area contributed by atoms with Crippen molar-refractivity contribution in [3.63, 3.8) is 0 Å². The van der Waals surface area contributed by atoms with E-state index >= 15 is 0 Å². The standard InChI is InChI=1S/C29H36O2Si2/c1-4-14-25(15-5-1)24-32-28(20-10-12-22-30-28)29(21-11-13-23-31-29)33(26-16-6-2-7-17-26)27-18-8-3-9-19-27/h1-9,14-19,33H,10-13,20-24,32H2. The Hall–Kier alpha value is -1.99. The molecule has 0 aromatic heterocycles. The van der Waals surface area contributed by atoms with E-state index in [0.717, 1.165) is 26.1 Å². The molecule has 0 radical (unpaired) electrons. The molecule has 0 aliphatic carbocycles. The predicted molar refractivity (Wildman–Crippen MR) is 143 cm³/mol. The Morgan fingerprint density at radius 1 is 0.636 bits per heavy atom. The van der Waals surface area contributed by atoms with Crippen molar-refractivity contribution in [3.8, 4) is 0 Å². The van der Waals surface area contributed by atoms with E-state index in [1.807, 2.05) is 0 Å². The maximum Gasteiger partial charge on any atom is 0.141 e. The highest BCUT2D eigenvalue weighted by molar-refractivity contribution is 6.88. The second-order valence-electron chi connectivity index (χ2n) is 9.73. The highest BCUT2D eigenvalue weighted by Gasteiger charge is 2.59. The van der Waals surface area contributed by atoms with E-state index in [1.54, 1.807) is 0 Å². The molecule has 2 fully saturated rings. The van der Waals surface area contributed by atoms with Crippen molar-refractivity contribution in [3.05, 3.63) is 96.6 Å². The summed E-state index contributed by atoms with van der Waals surface area (Å²) in [5.74, 6) is 0. The van der Waals surface area contributed by atoms with Crippen molar-refractivity contribution >= 4 is 28.7 Å². The summed E-state index contributed by atoms with van der Waals surface area (Å²) in [5, 5.41) is 2.72. The van der Waals surface area contributed by atoms with Crippen molar-refractivity contribution in [1.82, 2.24) is 0 Å². The molecule has 172 valence electrons. The SMILES string of the molecule is c1ccc(C[SiH2]C2(C3([SiH](c4ccccc4)c4ccccc4)CCCCO3)CCCCO2)cc1. The van der Waals surface area contributed by atoms with Gasteiger partial charge in [0.15, 0.2) is 0 Å². The summed E-state index contributed by atoms with van der Waals surface area (Å²) in [6.07, 6.45) is 7.15. The fourth-order valence-corrected chi connectivity index (χ4v) is 14.0. The molecule has 2 heterocycles. The molecule has 2 aliphatic rings. The van der Waals surface area contributed by atoms with Crippen LogP contribution in [-0.4, -0.2) is 42.0 Å². The first kappa shape index (κ1) is 22.8. The van der Waals surface area contributed by atoms with Crippen LogP contribution in [0.1, 0.15) is 44.1 Å². The van der Waals surface area contributed by atoms with Gasteiger partial charge < -0.3 is 9.47 Å². The van der Waals surface area contributed by atoms with Gasteiger partial charge in [-0.25, -0.2) is 0 Å². The molecule has 5 rings (SSSR count). The van der Waals surface area contributed by atoms with Gasteiger partial charge in [-0.05, 0) is 44.6 Å². The summed E-state index contributed by atoms with van der Waals surface area (Å²) in [6.45, 7) is 1.76. The molecule has 3 aromatic rings. The van der Waals surface area contributed by atoms with Gasteiger partial charge in [-0.1, -0.05) is 107 Å². The number of benzene rings is 3. The minimum absolute atomic E-state index is 0.0932. The van der Waals surface area contributed by atoms with Gasteiger partial charge >= 0.3 is 0 Å². The van der Waals surface area contributed by atoms with E-state index in [9.17, 15) is 0 Å². The Bertz CT molecular complexity index is 942. The van der Waals surface area contributed by atoms with Gasteiger partial charge in [0.25, 0.3) is 0 Å². The van der Waals surface area contributed by atoms with Crippen LogP contribution in [-0.2, 0) is 15.5 Å². The third kappa shape index (κ3) is 4.67. The molecule has 0 N–H and O–H groups in total. The van der Waals surface area contributed by atoms with Gasteiger partial charge in [-0.2, -0.15) is 0 Å². The molecule has 0 amide bonds. The number of hydrogen-bond acceptors (Lipinski definition) is 2. The van der Waals surface area contributed by atoms with Crippen LogP contribution in [0.2, 0.25) is 0 Å². The lowest BCUT2D eigenvalue weighted by Crippen LogP contribution is -2.76. The molecule has 33 heavy (non-hydrogen) atoms. The van der Waals surface area contributed by atoms with Crippen LogP contribution >= 0.6 is 0 Å². The van der Waals surface area contributed by atoms with Gasteiger partial charge in [-0.15, -0.1) is 0 Å². The zero-order valence-corrected chi connectivity index (χ0v) is 22.2. The molecular formula is C29H36O2Si2. The Morgan fingerprint density at radius 2 is 1.18 bits per heavy atom. The summed E-state index contributed by atoms with van der Waals surface area (Å²) in [7, 11) is -2.35. The summed E-state index contributed by atoms with van der Waals surface area (Å²) in [5.41, 5.74) is 1.46. The highest BCUT2D eigenvalue weighted by Crippen LogP contribution is 2.44. The molecule has 0 saturated carbocycles. The normalized spacial score (nSPS) is 26.1. The van der Waals surface area contributed by atoms with E-state index in [2.05, 4.69) is 91.0 Å². The highest BCUT2D eigenvalue weighted by atomic mass is 28.3. The zero-order valence-electron chi connectivity index (χ0n) is 19.6. The third-order valence-corrected chi connectivity index (χ3v) is 15.0. The lowest BCUT2D eigenvalue weighted by Gasteiger charge is -2.57.